The summed E-state index contributed by atoms with van der Waals surface area (Å²) >= 11 is 0. The maximum Gasteiger partial charge on any atom is 0.0509 e. The summed E-state index contributed by atoms with van der Waals surface area (Å²) in [6.07, 6.45) is 0.897. The first-order valence-electron chi connectivity index (χ1n) is 5.23. The number of rotatable bonds is 4. The Morgan fingerprint density at radius 3 is 1.31 bits per heavy atom. The molecule has 0 saturated heterocycles. The molecule has 0 radical (unpaired) electrons. The first-order valence-corrected chi connectivity index (χ1v) is 12.4. The number of aliphatic hydroxyl groups is 1. The van der Waals surface area contributed by atoms with Crippen LogP contribution in [0.5, 0.6) is 0 Å². The second-order valence-electron chi connectivity index (χ2n) is 6.37. The normalized spacial score (nSPS) is 16.4. The van der Waals surface area contributed by atoms with Crippen molar-refractivity contribution in [1.82, 2.24) is 0 Å². The molecule has 0 rings (SSSR count). The molecule has 1 atom stereocenters. The topological polar surface area (TPSA) is 20.2 Å². The third-order valence-electron chi connectivity index (χ3n) is 2.67. The standard InChI is InChI=1S/C10H26OSi2/c1-9(11)8-10(12(2,3)4)13(5,6)7/h9-11H,8H2,1-7H3. The van der Waals surface area contributed by atoms with E-state index in [9.17, 15) is 5.11 Å². The van der Waals surface area contributed by atoms with Crippen LogP contribution in [0.25, 0.3) is 0 Å². The summed E-state index contributed by atoms with van der Waals surface area (Å²) in [7, 11) is -2.17. The predicted molar refractivity (Wildman–Crippen MR) is 66.7 cm³/mol. The van der Waals surface area contributed by atoms with Gasteiger partial charge in [-0.25, -0.2) is 0 Å². The zero-order chi connectivity index (χ0) is 10.9. The molecule has 0 aromatic carbocycles. The van der Waals surface area contributed by atoms with Gasteiger partial charge in [-0.2, -0.15) is 0 Å². The third-order valence-corrected chi connectivity index (χ3v) is 12.5. The van der Waals surface area contributed by atoms with Crippen molar-refractivity contribution in [2.75, 3.05) is 0 Å². The van der Waals surface area contributed by atoms with Crippen LogP contribution in [0.1, 0.15) is 13.3 Å². The molecule has 13 heavy (non-hydrogen) atoms. The first-order chi connectivity index (χ1) is 5.55. The van der Waals surface area contributed by atoms with E-state index in [1.54, 1.807) is 0 Å². The molecule has 0 aliphatic heterocycles. The van der Waals surface area contributed by atoms with E-state index in [1.165, 1.54) is 0 Å². The highest BCUT2D eigenvalue weighted by molar-refractivity contribution is 6.96. The SMILES string of the molecule is CC(O)CC([Si](C)(C)C)[Si](C)(C)C. The monoisotopic (exact) mass is 218 g/mol. The quantitative estimate of drug-likeness (QED) is 0.718. The number of aliphatic hydroxyl groups excluding tert-OH is 1. The molecule has 0 amide bonds. The Kier molecular flexibility index (Phi) is 4.41. The van der Waals surface area contributed by atoms with Crippen LogP contribution < -0.4 is 0 Å². The van der Waals surface area contributed by atoms with Crippen molar-refractivity contribution in [2.45, 2.75) is 63.9 Å². The third kappa shape index (κ3) is 4.98. The maximum atomic E-state index is 9.49. The fourth-order valence-electron chi connectivity index (χ4n) is 2.35. The summed E-state index contributed by atoms with van der Waals surface area (Å²) in [5.41, 5.74) is 0. The number of hydrogen-bond acceptors (Lipinski definition) is 1. The van der Waals surface area contributed by atoms with Crippen LogP contribution in [-0.2, 0) is 0 Å². The minimum Gasteiger partial charge on any atom is -0.393 e. The minimum absolute atomic E-state index is 0.122. The van der Waals surface area contributed by atoms with Crippen molar-refractivity contribution in [3.8, 4) is 0 Å². The van der Waals surface area contributed by atoms with E-state index in [0.717, 1.165) is 11.6 Å². The molecular weight excluding hydrogens is 192 g/mol. The Hall–Kier alpha value is 0.394. The Morgan fingerprint density at radius 2 is 1.23 bits per heavy atom. The van der Waals surface area contributed by atoms with Crippen molar-refractivity contribution < 1.29 is 5.11 Å². The molecule has 0 bridgehead atoms. The summed E-state index contributed by atoms with van der Waals surface area (Å²) in [6, 6.07) is 0. The summed E-state index contributed by atoms with van der Waals surface area (Å²) < 4.78 is 0. The molecule has 1 N–H and O–H groups in total. The Labute approximate surface area is 85.6 Å². The summed E-state index contributed by atoms with van der Waals surface area (Å²) in [5.74, 6) is 0. The smallest absolute Gasteiger partial charge is 0.0509 e. The van der Waals surface area contributed by atoms with Crippen molar-refractivity contribution in [3.63, 3.8) is 0 Å². The van der Waals surface area contributed by atoms with E-state index in [2.05, 4.69) is 39.3 Å². The van der Waals surface area contributed by atoms with Gasteiger partial charge in [-0.3, -0.25) is 0 Å². The van der Waals surface area contributed by atoms with Gasteiger partial charge in [-0.05, 0) is 18.5 Å². The Balaban J connectivity index is 4.58. The lowest BCUT2D eigenvalue weighted by atomic mass is 10.3. The highest BCUT2D eigenvalue weighted by Gasteiger charge is 2.37. The van der Waals surface area contributed by atoms with E-state index >= 15 is 0 Å². The second kappa shape index (κ2) is 4.28. The molecule has 0 fully saturated rings. The van der Waals surface area contributed by atoms with Gasteiger partial charge in [0.1, 0.15) is 0 Å². The fraction of sp³-hybridized carbons (Fsp3) is 1.00. The van der Waals surface area contributed by atoms with Crippen LogP contribution in [0.4, 0.5) is 0 Å². The summed E-state index contributed by atoms with van der Waals surface area (Å²) in [6.45, 7) is 16.5. The van der Waals surface area contributed by atoms with Crippen LogP contribution in [0.15, 0.2) is 0 Å². The average Bonchev–Trinajstić information content (AvgIpc) is 1.77. The van der Waals surface area contributed by atoms with E-state index in [4.69, 9.17) is 0 Å². The fourth-order valence-corrected chi connectivity index (χ4v) is 14.8. The van der Waals surface area contributed by atoms with Gasteiger partial charge in [-0.15, -0.1) is 0 Å². The molecule has 0 aliphatic carbocycles. The van der Waals surface area contributed by atoms with E-state index < -0.39 is 16.1 Å². The molecular formula is C10H26OSi2. The maximum absolute atomic E-state index is 9.49. The summed E-state index contributed by atoms with van der Waals surface area (Å²) in [4.78, 5) is 0. The lowest BCUT2D eigenvalue weighted by Crippen LogP contribution is -2.45. The molecule has 0 heterocycles. The molecule has 0 aromatic rings. The molecule has 1 nitrogen and oxygen atoms in total. The molecule has 3 heteroatoms. The van der Waals surface area contributed by atoms with Gasteiger partial charge in [0.05, 0.1) is 6.10 Å². The minimum atomic E-state index is -1.08. The van der Waals surface area contributed by atoms with Crippen LogP contribution in [0, 0.1) is 0 Å². The molecule has 0 aliphatic rings. The van der Waals surface area contributed by atoms with Crippen molar-refractivity contribution in [1.29, 1.82) is 0 Å². The van der Waals surface area contributed by atoms with Crippen LogP contribution in [0.2, 0.25) is 44.4 Å². The van der Waals surface area contributed by atoms with Gasteiger partial charge >= 0.3 is 0 Å². The highest BCUT2D eigenvalue weighted by Crippen LogP contribution is 2.35. The van der Waals surface area contributed by atoms with Gasteiger partial charge in [0, 0.05) is 16.1 Å². The van der Waals surface area contributed by atoms with E-state index in [1.807, 2.05) is 6.92 Å². The second-order valence-corrected chi connectivity index (χ2v) is 17.8. The van der Waals surface area contributed by atoms with Gasteiger partial charge in [0.15, 0.2) is 0 Å². The zero-order valence-corrected chi connectivity index (χ0v) is 12.3. The van der Waals surface area contributed by atoms with Crippen molar-refractivity contribution >= 4 is 16.1 Å². The zero-order valence-electron chi connectivity index (χ0n) is 10.3. The largest absolute Gasteiger partial charge is 0.393 e. The van der Waals surface area contributed by atoms with Crippen molar-refractivity contribution in [3.05, 3.63) is 0 Å². The number of hydrogen-bond donors (Lipinski definition) is 1. The molecule has 1 unspecified atom stereocenters. The molecule has 0 saturated carbocycles. The Bertz CT molecular complexity index is 139. The van der Waals surface area contributed by atoms with Crippen LogP contribution >= 0.6 is 0 Å². The van der Waals surface area contributed by atoms with Crippen LogP contribution in [-0.4, -0.2) is 27.4 Å². The Morgan fingerprint density at radius 1 is 0.923 bits per heavy atom. The highest BCUT2D eigenvalue weighted by atomic mass is 28.4. The molecule has 80 valence electrons. The lowest BCUT2D eigenvalue weighted by molar-refractivity contribution is 0.186. The first kappa shape index (κ1) is 13.4. The van der Waals surface area contributed by atoms with Crippen molar-refractivity contribution in [2.24, 2.45) is 0 Å². The molecule has 0 aromatic heterocycles. The van der Waals surface area contributed by atoms with E-state index in [-0.39, 0.29) is 6.10 Å². The lowest BCUT2D eigenvalue weighted by Gasteiger charge is -2.39. The van der Waals surface area contributed by atoms with Gasteiger partial charge < -0.3 is 5.11 Å². The van der Waals surface area contributed by atoms with Gasteiger partial charge in [0.2, 0.25) is 0 Å². The molecule has 0 spiro atoms. The van der Waals surface area contributed by atoms with Gasteiger partial charge in [0.25, 0.3) is 0 Å². The average molecular weight is 218 g/mol. The summed E-state index contributed by atoms with van der Waals surface area (Å²) in [5, 5.41) is 10.3. The predicted octanol–water partition coefficient (Wildman–Crippen LogP) is 3.34. The van der Waals surface area contributed by atoms with Gasteiger partial charge in [-0.1, -0.05) is 39.3 Å². The van der Waals surface area contributed by atoms with Crippen LogP contribution in [0.3, 0.4) is 0 Å². The van der Waals surface area contributed by atoms with E-state index in [0.29, 0.717) is 0 Å².